The number of fused-ring (bicyclic) bond motifs is 1. The smallest absolute Gasteiger partial charge is 0.255 e. The van der Waals surface area contributed by atoms with E-state index in [1.165, 1.54) is 6.26 Å². The van der Waals surface area contributed by atoms with Crippen LogP contribution in [0.3, 0.4) is 0 Å². The molecule has 18 heavy (non-hydrogen) atoms. The molecule has 3 rings (SSSR count). The third kappa shape index (κ3) is 1.99. The SMILES string of the molecule is O=C(NCC1CC(O)C1)c1coc2ccccc12. The Labute approximate surface area is 105 Å². The van der Waals surface area contributed by atoms with Crippen molar-refractivity contribution < 1.29 is 14.3 Å². The van der Waals surface area contributed by atoms with E-state index in [0.717, 1.165) is 23.8 Å². The second-order valence-electron chi connectivity index (χ2n) is 4.85. The van der Waals surface area contributed by atoms with E-state index < -0.39 is 0 Å². The number of amides is 1. The topological polar surface area (TPSA) is 62.5 Å². The minimum absolute atomic E-state index is 0.110. The zero-order valence-corrected chi connectivity index (χ0v) is 9.93. The number of para-hydroxylation sites is 1. The number of hydrogen-bond donors (Lipinski definition) is 2. The van der Waals surface area contributed by atoms with Gasteiger partial charge in [0.05, 0.1) is 11.7 Å². The van der Waals surface area contributed by atoms with Crippen molar-refractivity contribution in [1.82, 2.24) is 5.32 Å². The average molecular weight is 245 g/mol. The van der Waals surface area contributed by atoms with E-state index in [1.807, 2.05) is 24.3 Å². The molecule has 0 atom stereocenters. The fourth-order valence-corrected chi connectivity index (χ4v) is 2.35. The van der Waals surface area contributed by atoms with Gasteiger partial charge in [-0.05, 0) is 24.8 Å². The van der Waals surface area contributed by atoms with Crippen LogP contribution in [0.5, 0.6) is 0 Å². The summed E-state index contributed by atoms with van der Waals surface area (Å²) in [6.07, 6.45) is 2.88. The molecule has 0 aliphatic heterocycles. The lowest BCUT2D eigenvalue weighted by Gasteiger charge is -2.31. The molecule has 0 unspecified atom stereocenters. The van der Waals surface area contributed by atoms with Crippen LogP contribution < -0.4 is 5.32 Å². The lowest BCUT2D eigenvalue weighted by molar-refractivity contribution is 0.0420. The Balaban J connectivity index is 1.68. The zero-order valence-electron chi connectivity index (χ0n) is 9.93. The first-order chi connectivity index (χ1) is 8.74. The molecule has 0 saturated heterocycles. The quantitative estimate of drug-likeness (QED) is 0.868. The van der Waals surface area contributed by atoms with Crippen molar-refractivity contribution in [2.24, 2.45) is 5.92 Å². The maximum atomic E-state index is 12.0. The molecule has 1 fully saturated rings. The Kier molecular flexibility index (Phi) is 2.80. The van der Waals surface area contributed by atoms with Gasteiger partial charge < -0.3 is 14.8 Å². The number of aliphatic hydroxyl groups excluding tert-OH is 1. The molecule has 2 N–H and O–H groups in total. The van der Waals surface area contributed by atoms with Crippen LogP contribution >= 0.6 is 0 Å². The van der Waals surface area contributed by atoms with Gasteiger partial charge >= 0.3 is 0 Å². The fourth-order valence-electron chi connectivity index (χ4n) is 2.35. The summed E-state index contributed by atoms with van der Waals surface area (Å²) in [5, 5.41) is 12.9. The highest BCUT2D eigenvalue weighted by molar-refractivity contribution is 6.05. The van der Waals surface area contributed by atoms with Crippen LogP contribution in [0.4, 0.5) is 0 Å². The first kappa shape index (κ1) is 11.3. The Bertz CT molecular complexity index is 569. The summed E-state index contributed by atoms with van der Waals surface area (Å²) in [5.74, 6) is 0.295. The van der Waals surface area contributed by atoms with Gasteiger partial charge in [0, 0.05) is 11.9 Å². The van der Waals surface area contributed by atoms with Crippen LogP contribution in [-0.2, 0) is 0 Å². The van der Waals surface area contributed by atoms with Crippen molar-refractivity contribution in [1.29, 1.82) is 0 Å². The number of aliphatic hydroxyl groups is 1. The molecule has 1 heterocycles. The fraction of sp³-hybridized carbons (Fsp3) is 0.357. The summed E-state index contributed by atoms with van der Waals surface area (Å²) in [7, 11) is 0. The summed E-state index contributed by atoms with van der Waals surface area (Å²) in [4.78, 5) is 12.0. The van der Waals surface area contributed by atoms with E-state index >= 15 is 0 Å². The monoisotopic (exact) mass is 245 g/mol. The minimum atomic E-state index is -0.179. The number of nitrogens with one attached hydrogen (secondary N) is 1. The van der Waals surface area contributed by atoms with Gasteiger partial charge in [-0.1, -0.05) is 18.2 Å². The van der Waals surface area contributed by atoms with E-state index in [9.17, 15) is 9.90 Å². The van der Waals surface area contributed by atoms with Gasteiger partial charge in [-0.2, -0.15) is 0 Å². The molecule has 1 aromatic heterocycles. The molecule has 4 heteroatoms. The van der Waals surface area contributed by atoms with Crippen LogP contribution in [0.25, 0.3) is 11.0 Å². The highest BCUT2D eigenvalue weighted by Gasteiger charge is 2.27. The van der Waals surface area contributed by atoms with Crippen molar-refractivity contribution in [2.45, 2.75) is 18.9 Å². The van der Waals surface area contributed by atoms with Crippen molar-refractivity contribution in [3.8, 4) is 0 Å². The van der Waals surface area contributed by atoms with E-state index in [2.05, 4.69) is 5.32 Å². The number of carbonyl (C=O) groups excluding carboxylic acids is 1. The van der Waals surface area contributed by atoms with Gasteiger partial charge in [0.15, 0.2) is 0 Å². The van der Waals surface area contributed by atoms with Gasteiger partial charge in [-0.25, -0.2) is 0 Å². The standard InChI is InChI=1S/C14H15NO3/c16-10-5-9(6-10)7-15-14(17)12-8-18-13-4-2-1-3-11(12)13/h1-4,8-10,16H,5-7H2,(H,15,17). The lowest BCUT2D eigenvalue weighted by atomic mass is 9.82. The molecule has 0 radical (unpaired) electrons. The summed E-state index contributed by atoms with van der Waals surface area (Å²) < 4.78 is 5.33. The molecule has 0 spiro atoms. The molecule has 4 nitrogen and oxygen atoms in total. The summed E-state index contributed by atoms with van der Waals surface area (Å²) in [6, 6.07) is 7.48. The lowest BCUT2D eigenvalue weighted by Crippen LogP contribution is -2.38. The van der Waals surface area contributed by atoms with Crippen LogP contribution in [-0.4, -0.2) is 23.7 Å². The maximum absolute atomic E-state index is 12.0. The maximum Gasteiger partial charge on any atom is 0.255 e. The highest BCUT2D eigenvalue weighted by atomic mass is 16.3. The summed E-state index contributed by atoms with van der Waals surface area (Å²) in [5.41, 5.74) is 1.30. The number of rotatable bonds is 3. The van der Waals surface area contributed by atoms with Crippen LogP contribution in [0.15, 0.2) is 34.9 Å². The molecular weight excluding hydrogens is 230 g/mol. The molecular formula is C14H15NO3. The molecule has 1 aromatic carbocycles. The second-order valence-corrected chi connectivity index (χ2v) is 4.85. The molecule has 1 aliphatic carbocycles. The summed E-state index contributed by atoms with van der Waals surface area (Å²) in [6.45, 7) is 0.620. The Morgan fingerprint density at radius 3 is 2.94 bits per heavy atom. The number of benzene rings is 1. The largest absolute Gasteiger partial charge is 0.463 e. The third-order valence-electron chi connectivity index (χ3n) is 3.49. The first-order valence-corrected chi connectivity index (χ1v) is 6.16. The first-order valence-electron chi connectivity index (χ1n) is 6.16. The Morgan fingerprint density at radius 2 is 2.17 bits per heavy atom. The van der Waals surface area contributed by atoms with Crippen molar-refractivity contribution in [3.05, 3.63) is 36.1 Å². The van der Waals surface area contributed by atoms with Crippen LogP contribution in [0, 0.1) is 5.92 Å². The molecule has 1 aliphatic rings. The van der Waals surface area contributed by atoms with Gasteiger partial charge in [-0.15, -0.1) is 0 Å². The van der Waals surface area contributed by atoms with Crippen LogP contribution in [0.2, 0.25) is 0 Å². The Morgan fingerprint density at radius 1 is 1.39 bits per heavy atom. The van der Waals surface area contributed by atoms with Crippen molar-refractivity contribution >= 4 is 16.9 Å². The number of carbonyl (C=O) groups is 1. The normalized spacial score (nSPS) is 22.7. The number of hydrogen-bond acceptors (Lipinski definition) is 3. The van der Waals surface area contributed by atoms with E-state index in [-0.39, 0.29) is 12.0 Å². The second kappa shape index (κ2) is 4.46. The predicted octanol–water partition coefficient (Wildman–Crippen LogP) is 1.93. The number of furan rings is 1. The van der Waals surface area contributed by atoms with Gasteiger partial charge in [0.1, 0.15) is 11.8 Å². The third-order valence-corrected chi connectivity index (χ3v) is 3.49. The van der Waals surface area contributed by atoms with Gasteiger partial charge in [0.2, 0.25) is 0 Å². The zero-order chi connectivity index (χ0) is 12.5. The Hall–Kier alpha value is -1.81. The van der Waals surface area contributed by atoms with Gasteiger partial charge in [-0.3, -0.25) is 4.79 Å². The average Bonchev–Trinajstić information content (AvgIpc) is 2.76. The van der Waals surface area contributed by atoms with Gasteiger partial charge in [0.25, 0.3) is 5.91 Å². The molecule has 1 amide bonds. The molecule has 1 saturated carbocycles. The van der Waals surface area contributed by atoms with E-state index in [1.54, 1.807) is 0 Å². The van der Waals surface area contributed by atoms with Crippen molar-refractivity contribution in [2.75, 3.05) is 6.54 Å². The minimum Gasteiger partial charge on any atom is -0.463 e. The van der Waals surface area contributed by atoms with E-state index in [0.29, 0.717) is 18.0 Å². The van der Waals surface area contributed by atoms with Crippen LogP contribution in [0.1, 0.15) is 23.2 Å². The summed E-state index contributed by atoms with van der Waals surface area (Å²) >= 11 is 0. The molecule has 2 aromatic rings. The highest BCUT2D eigenvalue weighted by Crippen LogP contribution is 2.26. The predicted molar refractivity (Wildman–Crippen MR) is 67.3 cm³/mol. The van der Waals surface area contributed by atoms with Crippen molar-refractivity contribution in [3.63, 3.8) is 0 Å². The molecule has 94 valence electrons. The van der Waals surface area contributed by atoms with E-state index in [4.69, 9.17) is 4.42 Å². The molecule has 0 bridgehead atoms.